The maximum Gasteiger partial charge on any atom is 0.435 e. The highest BCUT2D eigenvalue weighted by Gasteiger charge is 2.52. The summed E-state index contributed by atoms with van der Waals surface area (Å²) >= 11 is 0. The number of hydrogen-bond donors (Lipinski definition) is 1. The Labute approximate surface area is 200 Å². The number of nitrogens with one attached hydrogen (secondary N) is 1. The van der Waals surface area contributed by atoms with Crippen LogP contribution in [0.2, 0.25) is 0 Å². The lowest BCUT2D eigenvalue weighted by atomic mass is 9.69. The van der Waals surface area contributed by atoms with E-state index in [0.717, 1.165) is 16.3 Å². The highest BCUT2D eigenvalue weighted by molar-refractivity contribution is 5.97. The predicted octanol–water partition coefficient (Wildman–Crippen LogP) is 4.39. The summed E-state index contributed by atoms with van der Waals surface area (Å²) < 4.78 is 55.0. The lowest BCUT2D eigenvalue weighted by Crippen LogP contribution is -2.54. The standard InChI is InChI=1S/C24H27F4N5O2/c1-31(2)23(16-4-3-5-17(25)12-16)10-8-22(9-11-23)14-32(21(35)29-22)19-13-18(24(26,27)28)30-33(19)20(34)15-6-7-15/h3-5,12-13,15H,6-11,14H2,1-2H3,(H,29,35)/t22-,23+. The average Bonchev–Trinajstić information content (AvgIpc) is 3.46. The van der Waals surface area contributed by atoms with Gasteiger partial charge in [0.05, 0.1) is 12.1 Å². The fraction of sp³-hybridized carbons (Fsp3) is 0.542. The van der Waals surface area contributed by atoms with Crippen LogP contribution in [0.1, 0.15) is 54.6 Å². The number of nitrogens with zero attached hydrogens (tertiary/aromatic N) is 4. The van der Waals surface area contributed by atoms with Crippen molar-refractivity contribution in [3.05, 3.63) is 47.4 Å². The molecule has 1 saturated heterocycles. The van der Waals surface area contributed by atoms with E-state index in [0.29, 0.717) is 38.5 Å². The molecule has 2 aliphatic carbocycles. The highest BCUT2D eigenvalue weighted by atomic mass is 19.4. The molecule has 2 saturated carbocycles. The van der Waals surface area contributed by atoms with E-state index in [1.807, 2.05) is 20.2 Å². The molecule has 3 aliphatic rings. The Morgan fingerprint density at radius 1 is 1.14 bits per heavy atom. The number of amides is 2. The third-order valence-electron chi connectivity index (χ3n) is 7.72. The van der Waals surface area contributed by atoms with E-state index < -0.39 is 34.9 Å². The van der Waals surface area contributed by atoms with E-state index in [4.69, 9.17) is 0 Å². The van der Waals surface area contributed by atoms with E-state index in [-0.39, 0.29) is 24.1 Å². The fourth-order valence-electron chi connectivity index (χ4n) is 5.46. The molecule has 0 unspecified atom stereocenters. The number of benzene rings is 1. The smallest absolute Gasteiger partial charge is 0.330 e. The third-order valence-corrected chi connectivity index (χ3v) is 7.72. The molecule has 2 aromatic rings. The predicted molar refractivity (Wildman–Crippen MR) is 119 cm³/mol. The Bertz CT molecular complexity index is 1160. The minimum Gasteiger partial charge on any atom is -0.330 e. The largest absolute Gasteiger partial charge is 0.435 e. The lowest BCUT2D eigenvalue weighted by molar-refractivity contribution is -0.141. The first kappa shape index (κ1) is 23.8. The SMILES string of the molecule is CN(C)[C@]1(c2cccc(F)c2)CC[C@]2(CC1)CN(c1cc(C(F)(F)F)nn1C(=O)C1CC1)C(=O)N2. The number of urea groups is 1. The Morgan fingerprint density at radius 2 is 1.83 bits per heavy atom. The second-order valence-corrected chi connectivity index (χ2v) is 10.1. The Hall–Kier alpha value is -2.95. The molecule has 0 radical (unpaired) electrons. The molecule has 2 amide bonds. The Kier molecular flexibility index (Phi) is 5.46. The molecule has 3 fully saturated rings. The summed E-state index contributed by atoms with van der Waals surface area (Å²) in [5, 5.41) is 6.50. The summed E-state index contributed by atoms with van der Waals surface area (Å²) in [4.78, 5) is 28.9. The number of rotatable bonds is 4. The molecule has 188 valence electrons. The van der Waals surface area contributed by atoms with Crippen molar-refractivity contribution in [3.63, 3.8) is 0 Å². The highest BCUT2D eigenvalue weighted by Crippen LogP contribution is 2.47. The first-order chi connectivity index (χ1) is 16.4. The van der Waals surface area contributed by atoms with E-state index in [2.05, 4.69) is 15.3 Å². The van der Waals surface area contributed by atoms with Gasteiger partial charge >= 0.3 is 12.2 Å². The average molecular weight is 494 g/mol. The number of halogens is 4. The van der Waals surface area contributed by atoms with Crippen LogP contribution < -0.4 is 10.2 Å². The van der Waals surface area contributed by atoms with Gasteiger partial charge < -0.3 is 5.32 Å². The van der Waals surface area contributed by atoms with Crippen LogP contribution in [-0.2, 0) is 11.7 Å². The second kappa shape index (κ2) is 8.04. The monoisotopic (exact) mass is 493 g/mol. The number of hydrogen-bond acceptors (Lipinski definition) is 4. The molecule has 1 aromatic heterocycles. The minimum absolute atomic E-state index is 0.124. The molecule has 0 bridgehead atoms. The van der Waals surface area contributed by atoms with Gasteiger partial charge in [-0.15, -0.1) is 0 Å². The summed E-state index contributed by atoms with van der Waals surface area (Å²) in [5.41, 5.74) is -1.45. The maximum absolute atomic E-state index is 14.0. The Morgan fingerprint density at radius 3 is 2.40 bits per heavy atom. The summed E-state index contributed by atoms with van der Waals surface area (Å²) in [6, 6.07) is 6.72. The van der Waals surface area contributed by atoms with Crippen molar-refractivity contribution in [3.8, 4) is 0 Å². The van der Waals surface area contributed by atoms with Gasteiger partial charge in [0.2, 0.25) is 0 Å². The minimum atomic E-state index is -4.74. The van der Waals surface area contributed by atoms with Crippen LogP contribution in [0.3, 0.4) is 0 Å². The van der Waals surface area contributed by atoms with Crippen LogP contribution >= 0.6 is 0 Å². The maximum atomic E-state index is 14.0. The van der Waals surface area contributed by atoms with Crippen molar-refractivity contribution in [1.82, 2.24) is 20.0 Å². The zero-order valence-electron chi connectivity index (χ0n) is 19.5. The van der Waals surface area contributed by atoms with Crippen LogP contribution in [0, 0.1) is 11.7 Å². The van der Waals surface area contributed by atoms with Crippen LogP contribution in [0.25, 0.3) is 0 Å². The first-order valence-electron chi connectivity index (χ1n) is 11.7. The van der Waals surface area contributed by atoms with Gasteiger partial charge in [0.25, 0.3) is 5.91 Å². The number of aromatic nitrogens is 2. The lowest BCUT2D eigenvalue weighted by Gasteiger charge is -2.48. The summed E-state index contributed by atoms with van der Waals surface area (Å²) in [7, 11) is 3.87. The van der Waals surface area contributed by atoms with Gasteiger partial charge in [0.15, 0.2) is 5.69 Å². The van der Waals surface area contributed by atoms with E-state index >= 15 is 0 Å². The molecule has 1 N–H and O–H groups in total. The molecular weight excluding hydrogens is 466 g/mol. The molecule has 5 rings (SSSR count). The van der Waals surface area contributed by atoms with Gasteiger partial charge in [-0.25, -0.2) is 9.18 Å². The van der Waals surface area contributed by atoms with Crippen LogP contribution in [0.4, 0.5) is 28.2 Å². The van der Waals surface area contributed by atoms with E-state index in [1.165, 1.54) is 17.0 Å². The molecule has 7 nitrogen and oxygen atoms in total. The zero-order valence-corrected chi connectivity index (χ0v) is 19.5. The third kappa shape index (κ3) is 4.09. The van der Waals surface area contributed by atoms with E-state index in [1.54, 1.807) is 6.07 Å². The molecule has 1 spiro atoms. The van der Waals surface area contributed by atoms with Crippen LogP contribution in [0.5, 0.6) is 0 Å². The summed E-state index contributed by atoms with van der Waals surface area (Å²) in [6.07, 6.45) is -1.22. The molecule has 11 heteroatoms. The molecule has 35 heavy (non-hydrogen) atoms. The van der Waals surface area contributed by atoms with Gasteiger partial charge in [-0.05, 0) is 70.3 Å². The summed E-state index contributed by atoms with van der Waals surface area (Å²) in [6.45, 7) is 0.124. The van der Waals surface area contributed by atoms with Crippen LogP contribution in [-0.4, -0.2) is 52.8 Å². The van der Waals surface area contributed by atoms with E-state index in [9.17, 15) is 27.2 Å². The topological polar surface area (TPSA) is 70.5 Å². The van der Waals surface area contributed by atoms with Gasteiger partial charge in [0, 0.05) is 17.5 Å². The Balaban J connectivity index is 1.42. The molecule has 1 aliphatic heterocycles. The van der Waals surface area contributed by atoms with Gasteiger partial charge in [-0.1, -0.05) is 12.1 Å². The van der Waals surface area contributed by atoms with Crippen molar-refractivity contribution in [2.24, 2.45) is 5.92 Å². The van der Waals surface area contributed by atoms with Crippen molar-refractivity contribution in [1.29, 1.82) is 0 Å². The number of carbonyl (C=O) groups excluding carboxylic acids is 2. The fourth-order valence-corrected chi connectivity index (χ4v) is 5.46. The van der Waals surface area contributed by atoms with Crippen molar-refractivity contribution < 1.29 is 27.2 Å². The summed E-state index contributed by atoms with van der Waals surface area (Å²) in [5.74, 6) is -1.36. The first-order valence-corrected chi connectivity index (χ1v) is 11.7. The normalized spacial score (nSPS) is 27.1. The molecular formula is C24H27F4N5O2. The van der Waals surface area contributed by atoms with Gasteiger partial charge in [-0.2, -0.15) is 23.0 Å². The second-order valence-electron chi connectivity index (χ2n) is 10.1. The zero-order chi connectivity index (χ0) is 25.2. The number of alkyl halides is 3. The van der Waals surface area contributed by atoms with Crippen molar-refractivity contribution >= 4 is 17.8 Å². The van der Waals surface area contributed by atoms with Gasteiger partial charge in [0.1, 0.15) is 11.6 Å². The molecule has 1 aromatic carbocycles. The van der Waals surface area contributed by atoms with Crippen molar-refractivity contribution in [2.75, 3.05) is 25.5 Å². The van der Waals surface area contributed by atoms with Crippen LogP contribution in [0.15, 0.2) is 30.3 Å². The molecule has 2 heterocycles. The number of anilines is 1. The van der Waals surface area contributed by atoms with Crippen molar-refractivity contribution in [2.45, 2.75) is 55.8 Å². The molecule has 0 atom stereocenters. The quantitative estimate of drug-likeness (QED) is 0.642. The van der Waals surface area contributed by atoms with Gasteiger partial charge in [-0.3, -0.25) is 14.6 Å². The number of carbonyl (C=O) groups is 2.